The lowest BCUT2D eigenvalue weighted by atomic mass is 10.1. The van der Waals surface area contributed by atoms with Crippen molar-refractivity contribution in [1.82, 2.24) is 4.90 Å². The zero-order valence-electron chi connectivity index (χ0n) is 10.9. The van der Waals surface area contributed by atoms with Crippen LogP contribution < -0.4 is 0 Å². The van der Waals surface area contributed by atoms with Crippen LogP contribution in [0.3, 0.4) is 0 Å². The van der Waals surface area contributed by atoms with Crippen molar-refractivity contribution in [3.05, 3.63) is 0 Å². The number of hydrogen-bond donors (Lipinski definition) is 0. The SMILES string of the molecule is COCCN(CCCl)CCOCCC(C)C. The fraction of sp³-hybridized carbons (Fsp3) is 1.00. The van der Waals surface area contributed by atoms with Crippen molar-refractivity contribution < 1.29 is 9.47 Å². The Bertz CT molecular complexity index is 145. The zero-order valence-corrected chi connectivity index (χ0v) is 11.6. The van der Waals surface area contributed by atoms with Crippen LogP contribution in [0.2, 0.25) is 0 Å². The molecule has 0 unspecified atom stereocenters. The summed E-state index contributed by atoms with van der Waals surface area (Å²) in [6, 6.07) is 0. The lowest BCUT2D eigenvalue weighted by Crippen LogP contribution is -2.32. The van der Waals surface area contributed by atoms with Crippen molar-refractivity contribution in [2.24, 2.45) is 5.92 Å². The monoisotopic (exact) mass is 251 g/mol. The Morgan fingerprint density at radius 3 is 2.31 bits per heavy atom. The van der Waals surface area contributed by atoms with Crippen molar-refractivity contribution in [1.29, 1.82) is 0 Å². The zero-order chi connectivity index (χ0) is 12.2. The van der Waals surface area contributed by atoms with Crippen LogP contribution >= 0.6 is 11.6 Å². The average molecular weight is 252 g/mol. The van der Waals surface area contributed by atoms with E-state index in [0.29, 0.717) is 11.8 Å². The molecule has 0 radical (unpaired) electrons. The number of ether oxygens (including phenoxy) is 2. The topological polar surface area (TPSA) is 21.7 Å². The van der Waals surface area contributed by atoms with E-state index in [4.69, 9.17) is 21.1 Å². The van der Waals surface area contributed by atoms with Gasteiger partial charge < -0.3 is 9.47 Å². The molecule has 4 heteroatoms. The molecule has 0 N–H and O–H groups in total. The lowest BCUT2D eigenvalue weighted by Gasteiger charge is -2.20. The van der Waals surface area contributed by atoms with Crippen molar-refractivity contribution in [2.45, 2.75) is 20.3 Å². The normalized spacial score (nSPS) is 11.6. The molecule has 0 heterocycles. The number of alkyl halides is 1. The van der Waals surface area contributed by atoms with Gasteiger partial charge in [-0.15, -0.1) is 11.6 Å². The van der Waals surface area contributed by atoms with Gasteiger partial charge in [0.05, 0.1) is 13.2 Å². The number of rotatable bonds is 11. The third-order valence-electron chi connectivity index (χ3n) is 2.40. The standard InChI is InChI=1S/C12H26ClNO2/c1-12(2)4-9-16-11-8-14(6-5-13)7-10-15-3/h12H,4-11H2,1-3H3. The molecular formula is C12H26ClNO2. The van der Waals surface area contributed by atoms with E-state index in [-0.39, 0.29) is 0 Å². The number of halogens is 1. The predicted molar refractivity (Wildman–Crippen MR) is 69.3 cm³/mol. The van der Waals surface area contributed by atoms with Crippen LogP contribution in [0.5, 0.6) is 0 Å². The highest BCUT2D eigenvalue weighted by Crippen LogP contribution is 1.99. The van der Waals surface area contributed by atoms with Crippen LogP contribution in [0.1, 0.15) is 20.3 Å². The summed E-state index contributed by atoms with van der Waals surface area (Å²) in [5.41, 5.74) is 0. The molecule has 98 valence electrons. The summed E-state index contributed by atoms with van der Waals surface area (Å²) >= 11 is 5.73. The van der Waals surface area contributed by atoms with Gasteiger partial charge in [-0.3, -0.25) is 4.90 Å². The van der Waals surface area contributed by atoms with E-state index >= 15 is 0 Å². The highest BCUT2D eigenvalue weighted by atomic mass is 35.5. The van der Waals surface area contributed by atoms with Gasteiger partial charge in [-0.1, -0.05) is 13.8 Å². The van der Waals surface area contributed by atoms with E-state index in [1.165, 1.54) is 0 Å². The lowest BCUT2D eigenvalue weighted by molar-refractivity contribution is 0.0853. The first kappa shape index (κ1) is 16.2. The Labute approximate surface area is 105 Å². The van der Waals surface area contributed by atoms with Crippen LogP contribution in [-0.4, -0.2) is 57.3 Å². The summed E-state index contributed by atoms with van der Waals surface area (Å²) in [5, 5.41) is 0. The van der Waals surface area contributed by atoms with Gasteiger partial charge >= 0.3 is 0 Å². The van der Waals surface area contributed by atoms with Crippen molar-refractivity contribution >= 4 is 11.6 Å². The van der Waals surface area contributed by atoms with Crippen LogP contribution in [0, 0.1) is 5.92 Å². The fourth-order valence-electron chi connectivity index (χ4n) is 1.29. The maximum absolute atomic E-state index is 5.73. The largest absolute Gasteiger partial charge is 0.383 e. The minimum Gasteiger partial charge on any atom is -0.383 e. The Morgan fingerprint density at radius 2 is 1.75 bits per heavy atom. The molecule has 0 amide bonds. The Kier molecular flexibility index (Phi) is 11.8. The van der Waals surface area contributed by atoms with Crippen LogP contribution in [0.15, 0.2) is 0 Å². The molecule has 0 aliphatic heterocycles. The molecule has 0 spiro atoms. The van der Waals surface area contributed by atoms with Crippen molar-refractivity contribution in [2.75, 3.05) is 52.4 Å². The number of methoxy groups -OCH3 is 1. The summed E-state index contributed by atoms with van der Waals surface area (Å²) in [5.74, 6) is 1.38. The van der Waals surface area contributed by atoms with Crippen LogP contribution in [0.25, 0.3) is 0 Å². The third-order valence-corrected chi connectivity index (χ3v) is 2.57. The number of hydrogen-bond acceptors (Lipinski definition) is 3. The van der Waals surface area contributed by atoms with Gasteiger partial charge in [-0.05, 0) is 12.3 Å². The van der Waals surface area contributed by atoms with Crippen LogP contribution in [0.4, 0.5) is 0 Å². The van der Waals surface area contributed by atoms with Crippen molar-refractivity contribution in [3.63, 3.8) is 0 Å². The van der Waals surface area contributed by atoms with Gasteiger partial charge in [-0.25, -0.2) is 0 Å². The van der Waals surface area contributed by atoms with E-state index in [2.05, 4.69) is 18.7 Å². The molecule has 0 saturated heterocycles. The second kappa shape index (κ2) is 11.6. The average Bonchev–Trinajstić information content (AvgIpc) is 2.24. The van der Waals surface area contributed by atoms with Gasteiger partial charge in [0.1, 0.15) is 0 Å². The number of nitrogens with zero attached hydrogens (tertiary/aromatic N) is 1. The maximum Gasteiger partial charge on any atom is 0.0593 e. The summed E-state index contributed by atoms with van der Waals surface area (Å²) in [7, 11) is 1.72. The molecule has 3 nitrogen and oxygen atoms in total. The van der Waals surface area contributed by atoms with Crippen LogP contribution in [-0.2, 0) is 9.47 Å². The van der Waals surface area contributed by atoms with E-state index in [1.807, 2.05) is 0 Å². The summed E-state index contributed by atoms with van der Waals surface area (Å²) in [6.07, 6.45) is 1.13. The minimum atomic E-state index is 0.662. The summed E-state index contributed by atoms with van der Waals surface area (Å²) in [6.45, 7) is 9.58. The molecule has 0 aromatic rings. The fourth-order valence-corrected chi connectivity index (χ4v) is 1.53. The first-order valence-electron chi connectivity index (χ1n) is 6.05. The van der Waals surface area contributed by atoms with E-state index in [9.17, 15) is 0 Å². The molecule has 0 aromatic carbocycles. The molecule has 0 aliphatic carbocycles. The third kappa shape index (κ3) is 10.7. The molecule has 0 bridgehead atoms. The Hall–Kier alpha value is 0.170. The second-order valence-corrected chi connectivity index (χ2v) is 4.70. The van der Waals surface area contributed by atoms with Gasteiger partial charge in [0.15, 0.2) is 0 Å². The predicted octanol–water partition coefficient (Wildman–Crippen LogP) is 2.24. The molecular weight excluding hydrogens is 226 g/mol. The van der Waals surface area contributed by atoms with Gasteiger partial charge in [0, 0.05) is 39.2 Å². The molecule has 0 atom stereocenters. The minimum absolute atomic E-state index is 0.662. The first-order chi connectivity index (χ1) is 7.70. The smallest absolute Gasteiger partial charge is 0.0593 e. The molecule has 0 aromatic heterocycles. The Balaban J connectivity index is 3.43. The Morgan fingerprint density at radius 1 is 1.06 bits per heavy atom. The van der Waals surface area contributed by atoms with Gasteiger partial charge in [-0.2, -0.15) is 0 Å². The first-order valence-corrected chi connectivity index (χ1v) is 6.59. The molecule has 0 rings (SSSR count). The summed E-state index contributed by atoms with van der Waals surface area (Å²) < 4.78 is 10.6. The maximum atomic E-state index is 5.73. The molecule has 0 fully saturated rings. The van der Waals surface area contributed by atoms with E-state index < -0.39 is 0 Å². The highest BCUT2D eigenvalue weighted by molar-refractivity contribution is 6.18. The van der Waals surface area contributed by atoms with Crippen molar-refractivity contribution in [3.8, 4) is 0 Å². The quantitative estimate of drug-likeness (QED) is 0.415. The van der Waals surface area contributed by atoms with Gasteiger partial charge in [0.2, 0.25) is 0 Å². The highest BCUT2D eigenvalue weighted by Gasteiger charge is 2.03. The van der Waals surface area contributed by atoms with Gasteiger partial charge in [0.25, 0.3) is 0 Å². The molecule has 16 heavy (non-hydrogen) atoms. The van der Waals surface area contributed by atoms with E-state index in [0.717, 1.165) is 45.9 Å². The second-order valence-electron chi connectivity index (χ2n) is 4.32. The molecule has 0 aliphatic rings. The molecule has 0 saturated carbocycles. The summed E-state index contributed by atoms with van der Waals surface area (Å²) in [4.78, 5) is 2.27. The van der Waals surface area contributed by atoms with E-state index in [1.54, 1.807) is 7.11 Å².